The number of hydrogen-bond acceptors (Lipinski definition) is 17. The standard InChI is InChI=1S/C52H75N10O13S.Gd/c1-5-34(3)39(50(72)56-41(26-38-9-7-16-53-38)42(63)10-8-17-62-45(66)25-35(4)51(62)73)27-43(64)40(15-24-76-6-2)57-52(74)55-37-13-11-36(12-14-37)28-54-44(65)29-60-21-20-58(31-47(67)68)18-19-59(32-48(69)70)22-23-61-33-49(71)75-46(61)30-60;/h9,11-14,16,34-35,39-41H,5-8,10,15,17-33H2,1-4H3,(H,54,65)(H,56,72)(H,67,68)(H,69,70)(H2,55,57,74);/q-1;/t34-,35?,39-,40-,41-;/m0./s1. The first kappa shape index (κ1) is 64.8. The van der Waals surface area contributed by atoms with Gasteiger partial charge in [-0.1, -0.05) is 65.1 Å². The molecule has 0 spiro atoms. The maximum atomic E-state index is 14.2. The predicted molar refractivity (Wildman–Crippen MR) is 282 cm³/mol. The Balaban J connectivity index is 0.0000128. The minimum atomic E-state index is -1.05. The monoisotopic (exact) mass is 1240 g/mol. The van der Waals surface area contributed by atoms with E-state index in [4.69, 9.17) is 4.74 Å². The third-order valence-electron chi connectivity index (χ3n) is 13.8. The molecule has 4 heterocycles. The van der Waals surface area contributed by atoms with E-state index in [0.29, 0.717) is 48.2 Å². The van der Waals surface area contributed by atoms with E-state index in [2.05, 4.69) is 26.3 Å². The van der Waals surface area contributed by atoms with Gasteiger partial charge in [-0.15, -0.1) is 0 Å². The number of amides is 6. The van der Waals surface area contributed by atoms with Crippen molar-refractivity contribution in [2.75, 3.05) is 95.4 Å². The molecule has 23 nitrogen and oxygen atoms in total. The number of nitrogens with one attached hydrogen (secondary N) is 4. The van der Waals surface area contributed by atoms with E-state index in [0.717, 1.165) is 5.75 Å². The third-order valence-corrected chi connectivity index (χ3v) is 14.8. The third kappa shape index (κ3) is 21.8. The summed E-state index contributed by atoms with van der Waals surface area (Å²) in [6.07, 6.45) is 5.71. The van der Waals surface area contributed by atoms with E-state index in [1.54, 1.807) is 68.8 Å². The van der Waals surface area contributed by atoms with Crippen LogP contribution in [0.15, 0.2) is 41.0 Å². The number of esters is 1. The van der Waals surface area contributed by atoms with Gasteiger partial charge in [-0.3, -0.25) is 62.8 Å². The summed E-state index contributed by atoms with van der Waals surface area (Å²) in [6, 6.07) is 4.21. The molecule has 0 saturated carbocycles. The predicted octanol–water partition coefficient (Wildman–Crippen LogP) is 1.97. The molecule has 5 rings (SSSR count). The molecular weight excluding hydrogens is 1160 g/mol. The van der Waals surface area contributed by atoms with Crippen LogP contribution in [0, 0.1) is 63.9 Å². The van der Waals surface area contributed by atoms with E-state index in [9.17, 15) is 58.2 Å². The van der Waals surface area contributed by atoms with Crippen LogP contribution in [0.25, 0.3) is 0 Å². The summed E-state index contributed by atoms with van der Waals surface area (Å²) in [5, 5.41) is 30.4. The Bertz CT molecular complexity index is 2310. The van der Waals surface area contributed by atoms with Crippen molar-refractivity contribution in [1.82, 2.24) is 40.4 Å². The molecule has 5 atom stereocenters. The smallest absolute Gasteiger partial charge is 0.319 e. The zero-order valence-electron chi connectivity index (χ0n) is 44.4. The molecule has 1 aromatic rings. The summed E-state index contributed by atoms with van der Waals surface area (Å²) >= 11 is 1.60. The number of benzene rings is 1. The van der Waals surface area contributed by atoms with Crippen LogP contribution < -0.4 is 21.3 Å². The number of allylic oxidation sites excluding steroid dienone is 1. The number of carbonyl (C=O) groups excluding carboxylic acids is 8. The number of ketones is 2. The van der Waals surface area contributed by atoms with Crippen LogP contribution >= 0.6 is 11.8 Å². The number of aliphatic carboxylic acids is 2. The van der Waals surface area contributed by atoms with Crippen LogP contribution in [-0.2, 0) is 54.4 Å². The van der Waals surface area contributed by atoms with E-state index < -0.39 is 53.8 Å². The Morgan fingerprint density at radius 1 is 0.870 bits per heavy atom. The number of rotatable bonds is 28. The molecule has 426 valence electrons. The number of imide groups is 1. The minimum absolute atomic E-state index is 0. The van der Waals surface area contributed by atoms with Gasteiger partial charge in [0.05, 0.1) is 38.3 Å². The number of carbonyl (C=O) groups is 10. The molecule has 4 aliphatic rings. The quantitative estimate of drug-likeness (QED) is 0.0303. The van der Waals surface area contributed by atoms with Gasteiger partial charge in [0.15, 0.2) is 11.6 Å². The van der Waals surface area contributed by atoms with Crippen molar-refractivity contribution < 1.29 is 103 Å². The largest absolute Gasteiger partial charge is 0.617 e. The number of aliphatic imine (C=N–C) groups is 1. The fourth-order valence-corrected chi connectivity index (χ4v) is 9.95. The van der Waals surface area contributed by atoms with Crippen LogP contribution in [0.2, 0.25) is 0 Å². The Kier molecular flexibility index (Phi) is 27.7. The molecule has 4 aliphatic heterocycles. The minimum Gasteiger partial charge on any atom is -0.617 e. The molecule has 0 radical (unpaired) electrons. The zero-order valence-corrected chi connectivity index (χ0v) is 47.5. The Morgan fingerprint density at radius 2 is 1.53 bits per heavy atom. The molecule has 0 aliphatic carbocycles. The van der Waals surface area contributed by atoms with Gasteiger partial charge in [-0.05, 0) is 54.5 Å². The number of fused-ring (bicyclic) bond motifs is 1. The Hall–Kier alpha value is -4.76. The number of thioether (sulfide) groups is 1. The van der Waals surface area contributed by atoms with Gasteiger partial charge in [-0.25, -0.2) is 4.79 Å². The molecule has 0 aromatic heterocycles. The van der Waals surface area contributed by atoms with Gasteiger partial charge in [0.25, 0.3) is 5.97 Å². The molecule has 77 heavy (non-hydrogen) atoms. The average Bonchev–Trinajstić information content (AvgIpc) is 4.08. The Morgan fingerprint density at radius 3 is 2.13 bits per heavy atom. The van der Waals surface area contributed by atoms with Gasteiger partial charge in [0.1, 0.15) is 0 Å². The van der Waals surface area contributed by atoms with Crippen molar-refractivity contribution in [2.45, 2.75) is 97.7 Å². The second-order valence-electron chi connectivity index (χ2n) is 19.7. The fraction of sp³-hybridized carbons (Fsp3) is 0.615. The van der Waals surface area contributed by atoms with Crippen molar-refractivity contribution in [3.05, 3.63) is 47.8 Å². The van der Waals surface area contributed by atoms with Crippen LogP contribution in [0.1, 0.15) is 84.6 Å². The van der Waals surface area contributed by atoms with E-state index >= 15 is 0 Å². The number of urea groups is 1. The van der Waals surface area contributed by atoms with Gasteiger partial charge >= 0.3 is 18.0 Å². The van der Waals surface area contributed by atoms with E-state index in [1.165, 1.54) is 4.90 Å². The van der Waals surface area contributed by atoms with E-state index in [1.807, 2.05) is 26.8 Å². The summed E-state index contributed by atoms with van der Waals surface area (Å²) in [7, 11) is 0. The summed E-state index contributed by atoms with van der Waals surface area (Å²) in [5.74, 6) is -4.66. The number of nitrogens with zero attached hydrogens (tertiary/aromatic N) is 6. The number of carboxylic acids is 2. The molecule has 1 unspecified atom stereocenters. The number of anilines is 1. The molecule has 6 N–H and O–H groups in total. The summed E-state index contributed by atoms with van der Waals surface area (Å²) in [4.78, 5) is 142. The maximum Gasteiger partial charge on any atom is 0.319 e. The number of likely N-dealkylation sites (tertiary alicyclic amines) is 1. The molecule has 1 aromatic carbocycles. The van der Waals surface area contributed by atoms with Crippen molar-refractivity contribution in [1.29, 1.82) is 0 Å². The maximum absolute atomic E-state index is 14.2. The van der Waals surface area contributed by atoms with Gasteiger partial charge < -0.3 is 46.0 Å². The van der Waals surface area contributed by atoms with Crippen LogP contribution in [0.3, 0.4) is 0 Å². The van der Waals surface area contributed by atoms with Crippen molar-refractivity contribution in [3.8, 4) is 0 Å². The van der Waals surface area contributed by atoms with Crippen molar-refractivity contribution in [3.63, 3.8) is 0 Å². The Labute approximate surface area is 486 Å². The normalized spacial score (nSPS) is 19.6. The first-order valence-electron chi connectivity index (χ1n) is 26.2. The number of carboxylic acid groups (broad SMARTS) is 2. The topological polar surface area (TPSA) is 297 Å². The van der Waals surface area contributed by atoms with Gasteiger partial charge in [-0.2, -0.15) is 11.8 Å². The van der Waals surface area contributed by atoms with Crippen LogP contribution in [-0.4, -0.2) is 202 Å². The second kappa shape index (κ2) is 33.0. The number of Topliss-reactive ketones (excluding diaryl/α,β-unsaturated/α-hetero) is 2. The second-order valence-corrected chi connectivity index (χ2v) is 21.1. The number of ether oxygens (including phenoxy) is 1. The molecule has 3 saturated heterocycles. The summed E-state index contributed by atoms with van der Waals surface area (Å²) in [6.45, 7) is 8.69. The molecular formula is C52H75GdN10O13S-. The van der Waals surface area contributed by atoms with E-state index in [-0.39, 0.29) is 192 Å². The summed E-state index contributed by atoms with van der Waals surface area (Å²) in [5.41, 5.74) is 1.76. The van der Waals surface area contributed by atoms with Gasteiger partial charge in [0, 0.05) is 147 Å². The van der Waals surface area contributed by atoms with Crippen molar-refractivity contribution in [2.24, 2.45) is 22.7 Å². The number of hydrogen-bond donors (Lipinski definition) is 6. The molecule has 6 amide bonds. The molecule has 3 fully saturated rings. The first-order chi connectivity index (χ1) is 36.3. The SMILES string of the molecule is CCSCC[C@H](NC(=O)Nc1ccc(CNC(=O)CN2CCN(CC(=O)O)CCN(CC(=O)O)CCN3CC(=O)O[C-]3C2)cc1)C(=O)C[C@H](C(=O)N[C@@H](CC1=CCC=N1)C(=O)CCCN1C(=O)CC(C)C1=O)[C@@H](C)CC.[Gd]. The van der Waals surface area contributed by atoms with Crippen LogP contribution in [0.4, 0.5) is 10.5 Å². The summed E-state index contributed by atoms with van der Waals surface area (Å²) < 4.78 is 5.50. The average molecular weight is 1240 g/mol. The molecule has 0 bridgehead atoms. The van der Waals surface area contributed by atoms with Crippen LogP contribution in [0.5, 0.6) is 0 Å². The molecule has 25 heteroatoms. The zero-order chi connectivity index (χ0) is 55.3. The van der Waals surface area contributed by atoms with Crippen molar-refractivity contribution >= 4 is 82.8 Å². The fourth-order valence-electron chi connectivity index (χ4n) is 9.26. The first-order valence-corrected chi connectivity index (χ1v) is 27.3. The van der Waals surface area contributed by atoms with Gasteiger partial charge in [0.2, 0.25) is 23.6 Å².